The van der Waals surface area contributed by atoms with Crippen molar-refractivity contribution in [3.8, 4) is 0 Å². The van der Waals surface area contributed by atoms with Gasteiger partial charge in [-0.1, -0.05) is 12.8 Å². The standard InChI is InChI=1S/C13H17BrN2O/c14-12-6-5-10(15)9-11(12)13(17)16-7-3-1-2-4-8-16/h5-6,9H,1-4,7-8,15H2. The monoisotopic (exact) mass is 296 g/mol. The van der Waals surface area contributed by atoms with Crippen molar-refractivity contribution in [2.45, 2.75) is 25.7 Å². The number of hydrogen-bond donors (Lipinski definition) is 1. The molecule has 0 aliphatic carbocycles. The molecule has 92 valence electrons. The van der Waals surface area contributed by atoms with Gasteiger partial charge in [-0.05, 0) is 47.0 Å². The van der Waals surface area contributed by atoms with Gasteiger partial charge in [-0.25, -0.2) is 0 Å². The first-order chi connectivity index (χ1) is 8.18. The fourth-order valence-electron chi connectivity index (χ4n) is 2.15. The molecule has 2 rings (SSSR count). The minimum absolute atomic E-state index is 0.0890. The maximum absolute atomic E-state index is 12.4. The molecule has 1 aromatic rings. The van der Waals surface area contributed by atoms with Crippen LogP contribution in [0.4, 0.5) is 5.69 Å². The molecule has 1 aliphatic rings. The average Bonchev–Trinajstić information content (AvgIpc) is 2.60. The lowest BCUT2D eigenvalue weighted by atomic mass is 10.1. The molecule has 0 unspecified atom stereocenters. The molecule has 0 aromatic heterocycles. The van der Waals surface area contributed by atoms with E-state index < -0.39 is 0 Å². The predicted molar refractivity (Wildman–Crippen MR) is 72.9 cm³/mol. The SMILES string of the molecule is Nc1ccc(Br)c(C(=O)N2CCCCCC2)c1. The highest BCUT2D eigenvalue weighted by atomic mass is 79.9. The molecule has 0 bridgehead atoms. The topological polar surface area (TPSA) is 46.3 Å². The maximum atomic E-state index is 12.4. The van der Waals surface area contributed by atoms with Crippen LogP contribution in [0.1, 0.15) is 36.0 Å². The first kappa shape index (κ1) is 12.4. The Kier molecular flexibility index (Phi) is 4.05. The number of amides is 1. The summed E-state index contributed by atoms with van der Waals surface area (Å²) in [5, 5.41) is 0. The summed E-state index contributed by atoms with van der Waals surface area (Å²) in [6, 6.07) is 5.38. The number of nitrogens with zero attached hydrogens (tertiary/aromatic N) is 1. The van der Waals surface area contributed by atoms with Crippen LogP contribution < -0.4 is 5.73 Å². The Balaban J connectivity index is 2.20. The van der Waals surface area contributed by atoms with Crippen molar-refractivity contribution in [1.82, 2.24) is 4.90 Å². The smallest absolute Gasteiger partial charge is 0.255 e. The first-order valence-electron chi connectivity index (χ1n) is 6.03. The molecule has 1 heterocycles. The summed E-state index contributed by atoms with van der Waals surface area (Å²) in [5.41, 5.74) is 7.04. The van der Waals surface area contributed by atoms with Crippen molar-refractivity contribution in [2.75, 3.05) is 18.8 Å². The summed E-state index contributed by atoms with van der Waals surface area (Å²) >= 11 is 3.41. The molecule has 1 aliphatic heterocycles. The van der Waals surface area contributed by atoms with Crippen LogP contribution in [0.2, 0.25) is 0 Å². The van der Waals surface area contributed by atoms with E-state index in [0.29, 0.717) is 11.3 Å². The molecule has 1 aromatic carbocycles. The van der Waals surface area contributed by atoms with E-state index in [-0.39, 0.29) is 5.91 Å². The zero-order valence-corrected chi connectivity index (χ0v) is 11.4. The minimum atomic E-state index is 0.0890. The van der Waals surface area contributed by atoms with Crippen molar-refractivity contribution in [1.29, 1.82) is 0 Å². The Bertz CT molecular complexity index is 412. The number of likely N-dealkylation sites (tertiary alicyclic amines) is 1. The van der Waals surface area contributed by atoms with Crippen molar-refractivity contribution in [3.63, 3.8) is 0 Å². The average molecular weight is 297 g/mol. The van der Waals surface area contributed by atoms with Crippen molar-refractivity contribution >= 4 is 27.5 Å². The van der Waals surface area contributed by atoms with E-state index in [9.17, 15) is 4.79 Å². The highest BCUT2D eigenvalue weighted by molar-refractivity contribution is 9.10. The van der Waals surface area contributed by atoms with Gasteiger partial charge in [0.2, 0.25) is 0 Å². The Hall–Kier alpha value is -1.03. The fraction of sp³-hybridized carbons (Fsp3) is 0.462. The summed E-state index contributed by atoms with van der Waals surface area (Å²) in [7, 11) is 0. The van der Waals surface area contributed by atoms with Gasteiger partial charge in [0.25, 0.3) is 5.91 Å². The van der Waals surface area contributed by atoms with Crippen LogP contribution in [-0.2, 0) is 0 Å². The van der Waals surface area contributed by atoms with Crippen molar-refractivity contribution in [2.24, 2.45) is 0 Å². The molecule has 0 saturated carbocycles. The second-order valence-electron chi connectivity index (χ2n) is 4.45. The summed E-state index contributed by atoms with van der Waals surface area (Å²) < 4.78 is 0.820. The minimum Gasteiger partial charge on any atom is -0.399 e. The Morgan fingerprint density at radius 3 is 2.47 bits per heavy atom. The zero-order valence-electron chi connectivity index (χ0n) is 9.79. The van der Waals surface area contributed by atoms with Gasteiger partial charge in [-0.15, -0.1) is 0 Å². The number of carbonyl (C=O) groups is 1. The van der Waals surface area contributed by atoms with Gasteiger partial charge in [-0.2, -0.15) is 0 Å². The lowest BCUT2D eigenvalue weighted by molar-refractivity contribution is 0.0761. The normalized spacial score (nSPS) is 16.6. The molecule has 1 amide bonds. The third kappa shape index (κ3) is 3.00. The fourth-order valence-corrected chi connectivity index (χ4v) is 2.57. The Morgan fingerprint density at radius 1 is 1.18 bits per heavy atom. The van der Waals surface area contributed by atoms with Crippen LogP contribution in [0.25, 0.3) is 0 Å². The predicted octanol–water partition coefficient (Wildman–Crippen LogP) is 3.05. The van der Waals surface area contributed by atoms with E-state index in [1.165, 1.54) is 12.8 Å². The molecule has 1 saturated heterocycles. The Labute approximate surface area is 110 Å². The van der Waals surface area contributed by atoms with E-state index in [0.717, 1.165) is 30.4 Å². The quantitative estimate of drug-likeness (QED) is 0.810. The van der Waals surface area contributed by atoms with E-state index in [1.54, 1.807) is 12.1 Å². The van der Waals surface area contributed by atoms with Gasteiger partial charge >= 0.3 is 0 Å². The highest BCUT2D eigenvalue weighted by Gasteiger charge is 2.19. The summed E-state index contributed by atoms with van der Waals surface area (Å²) in [6.07, 6.45) is 4.65. The van der Waals surface area contributed by atoms with Crippen LogP contribution in [0.5, 0.6) is 0 Å². The zero-order chi connectivity index (χ0) is 12.3. The lowest BCUT2D eigenvalue weighted by Crippen LogP contribution is -2.32. The third-order valence-corrected chi connectivity index (χ3v) is 3.81. The van der Waals surface area contributed by atoms with Gasteiger partial charge < -0.3 is 10.6 Å². The highest BCUT2D eigenvalue weighted by Crippen LogP contribution is 2.22. The van der Waals surface area contributed by atoms with Gasteiger partial charge in [0.05, 0.1) is 5.56 Å². The number of carbonyl (C=O) groups excluding carboxylic acids is 1. The number of nitrogens with two attached hydrogens (primary N) is 1. The molecule has 0 spiro atoms. The molecular formula is C13H17BrN2O. The van der Waals surface area contributed by atoms with E-state index in [1.807, 2.05) is 11.0 Å². The molecule has 0 atom stereocenters. The molecule has 2 N–H and O–H groups in total. The molecule has 1 fully saturated rings. The first-order valence-corrected chi connectivity index (χ1v) is 6.82. The van der Waals surface area contributed by atoms with Gasteiger partial charge in [0, 0.05) is 23.2 Å². The van der Waals surface area contributed by atoms with E-state index >= 15 is 0 Å². The lowest BCUT2D eigenvalue weighted by Gasteiger charge is -2.21. The van der Waals surface area contributed by atoms with Crippen molar-refractivity contribution < 1.29 is 4.79 Å². The molecule has 3 nitrogen and oxygen atoms in total. The van der Waals surface area contributed by atoms with Crippen LogP contribution in [0.15, 0.2) is 22.7 Å². The van der Waals surface area contributed by atoms with Crippen molar-refractivity contribution in [3.05, 3.63) is 28.2 Å². The van der Waals surface area contributed by atoms with Gasteiger partial charge in [-0.3, -0.25) is 4.79 Å². The summed E-state index contributed by atoms with van der Waals surface area (Å²) in [6.45, 7) is 1.72. The second kappa shape index (κ2) is 5.54. The summed E-state index contributed by atoms with van der Waals surface area (Å²) in [5.74, 6) is 0.0890. The van der Waals surface area contributed by atoms with Crippen LogP contribution in [0.3, 0.4) is 0 Å². The molecule has 17 heavy (non-hydrogen) atoms. The Morgan fingerprint density at radius 2 is 1.82 bits per heavy atom. The van der Waals surface area contributed by atoms with Crippen LogP contribution >= 0.6 is 15.9 Å². The molecular weight excluding hydrogens is 280 g/mol. The third-order valence-electron chi connectivity index (χ3n) is 3.11. The van der Waals surface area contributed by atoms with E-state index in [4.69, 9.17) is 5.73 Å². The molecule has 4 heteroatoms. The molecule has 0 radical (unpaired) electrons. The second-order valence-corrected chi connectivity index (χ2v) is 5.30. The van der Waals surface area contributed by atoms with Gasteiger partial charge in [0.1, 0.15) is 0 Å². The van der Waals surface area contributed by atoms with Crippen LogP contribution in [-0.4, -0.2) is 23.9 Å². The van der Waals surface area contributed by atoms with E-state index in [2.05, 4.69) is 15.9 Å². The number of anilines is 1. The number of nitrogen functional groups attached to an aromatic ring is 1. The maximum Gasteiger partial charge on any atom is 0.255 e. The van der Waals surface area contributed by atoms with Crippen LogP contribution in [0, 0.1) is 0 Å². The largest absolute Gasteiger partial charge is 0.399 e. The number of rotatable bonds is 1. The number of hydrogen-bond acceptors (Lipinski definition) is 2. The summed E-state index contributed by atoms with van der Waals surface area (Å²) in [4.78, 5) is 14.3. The number of benzene rings is 1. The van der Waals surface area contributed by atoms with Gasteiger partial charge in [0.15, 0.2) is 0 Å². The number of halogens is 1.